The smallest absolute Gasteiger partial charge is 0.199 e. The molecule has 0 saturated carbocycles. The SMILES string of the molecule is CC(C)c1nsc(N)n1. The second-order valence-corrected chi connectivity index (χ2v) is 2.93. The summed E-state index contributed by atoms with van der Waals surface area (Å²) in [6, 6.07) is 0. The van der Waals surface area contributed by atoms with Gasteiger partial charge in [-0.25, -0.2) is 4.98 Å². The van der Waals surface area contributed by atoms with Gasteiger partial charge < -0.3 is 5.73 Å². The maximum absolute atomic E-state index is 5.36. The Morgan fingerprint density at radius 3 is 2.44 bits per heavy atom. The molecule has 4 heteroatoms. The van der Waals surface area contributed by atoms with Gasteiger partial charge in [-0.15, -0.1) is 0 Å². The Morgan fingerprint density at radius 2 is 2.22 bits per heavy atom. The first kappa shape index (κ1) is 6.48. The monoisotopic (exact) mass is 143 g/mol. The number of nitrogen functional groups attached to an aromatic ring is 1. The van der Waals surface area contributed by atoms with Crippen molar-refractivity contribution in [2.24, 2.45) is 0 Å². The summed E-state index contributed by atoms with van der Waals surface area (Å²) < 4.78 is 4.02. The summed E-state index contributed by atoms with van der Waals surface area (Å²) in [5.74, 6) is 1.23. The molecule has 0 bridgehead atoms. The molecular weight excluding hydrogens is 134 g/mol. The van der Waals surface area contributed by atoms with Gasteiger partial charge in [0.05, 0.1) is 0 Å². The lowest BCUT2D eigenvalue weighted by molar-refractivity contribution is 0.800. The summed E-state index contributed by atoms with van der Waals surface area (Å²) in [4.78, 5) is 4.00. The molecular formula is C5H9N3S. The van der Waals surface area contributed by atoms with Gasteiger partial charge in [0.1, 0.15) is 5.82 Å². The highest BCUT2D eigenvalue weighted by molar-refractivity contribution is 7.09. The molecule has 1 aromatic rings. The summed E-state index contributed by atoms with van der Waals surface area (Å²) in [6.45, 7) is 4.09. The van der Waals surface area contributed by atoms with Crippen LogP contribution in [0.3, 0.4) is 0 Å². The first-order valence-electron chi connectivity index (χ1n) is 2.79. The number of nitrogens with zero attached hydrogens (tertiary/aromatic N) is 2. The van der Waals surface area contributed by atoms with E-state index in [4.69, 9.17) is 5.73 Å². The third-order valence-corrected chi connectivity index (χ3v) is 1.53. The molecule has 0 spiro atoms. The molecule has 0 atom stereocenters. The van der Waals surface area contributed by atoms with Crippen molar-refractivity contribution >= 4 is 16.7 Å². The molecule has 0 radical (unpaired) electrons. The first-order valence-corrected chi connectivity index (χ1v) is 3.56. The normalized spacial score (nSPS) is 10.6. The Bertz CT molecular complexity index is 194. The number of aromatic nitrogens is 2. The van der Waals surface area contributed by atoms with E-state index in [0.29, 0.717) is 11.0 Å². The van der Waals surface area contributed by atoms with Crippen LogP contribution in [0.25, 0.3) is 0 Å². The van der Waals surface area contributed by atoms with Crippen molar-refractivity contribution in [1.82, 2.24) is 9.36 Å². The Kier molecular flexibility index (Phi) is 1.66. The number of rotatable bonds is 1. The van der Waals surface area contributed by atoms with Crippen molar-refractivity contribution < 1.29 is 0 Å². The van der Waals surface area contributed by atoms with Gasteiger partial charge in [0.15, 0.2) is 5.13 Å². The van der Waals surface area contributed by atoms with Gasteiger partial charge >= 0.3 is 0 Å². The minimum absolute atomic E-state index is 0.388. The van der Waals surface area contributed by atoms with Crippen molar-refractivity contribution in [3.63, 3.8) is 0 Å². The molecule has 2 N–H and O–H groups in total. The highest BCUT2D eigenvalue weighted by atomic mass is 32.1. The van der Waals surface area contributed by atoms with E-state index < -0.39 is 0 Å². The summed E-state index contributed by atoms with van der Waals surface area (Å²) in [6.07, 6.45) is 0. The Hall–Kier alpha value is -0.640. The van der Waals surface area contributed by atoms with Crippen molar-refractivity contribution in [1.29, 1.82) is 0 Å². The minimum Gasteiger partial charge on any atom is -0.374 e. The average molecular weight is 143 g/mol. The van der Waals surface area contributed by atoms with Gasteiger partial charge in [-0.05, 0) is 0 Å². The van der Waals surface area contributed by atoms with E-state index in [1.165, 1.54) is 11.5 Å². The van der Waals surface area contributed by atoms with Crippen LogP contribution in [0.4, 0.5) is 5.13 Å². The zero-order valence-electron chi connectivity index (χ0n) is 5.46. The van der Waals surface area contributed by atoms with Crippen LogP contribution in [-0.4, -0.2) is 9.36 Å². The van der Waals surface area contributed by atoms with Gasteiger partial charge in [-0.3, -0.25) is 0 Å². The summed E-state index contributed by atoms with van der Waals surface area (Å²) in [7, 11) is 0. The number of nitrogens with two attached hydrogens (primary N) is 1. The fourth-order valence-electron chi connectivity index (χ4n) is 0.482. The molecule has 0 unspecified atom stereocenters. The molecule has 50 valence electrons. The van der Waals surface area contributed by atoms with Crippen molar-refractivity contribution in [2.75, 3.05) is 5.73 Å². The summed E-state index contributed by atoms with van der Waals surface area (Å²) >= 11 is 1.25. The second-order valence-electron chi connectivity index (χ2n) is 2.15. The largest absolute Gasteiger partial charge is 0.374 e. The molecule has 0 aliphatic heterocycles. The Morgan fingerprint density at radius 1 is 1.56 bits per heavy atom. The van der Waals surface area contributed by atoms with Crippen LogP contribution in [0.15, 0.2) is 0 Å². The number of hydrogen-bond donors (Lipinski definition) is 1. The Balaban J connectivity index is 2.85. The predicted molar refractivity (Wildman–Crippen MR) is 38.4 cm³/mol. The minimum atomic E-state index is 0.388. The third-order valence-electron chi connectivity index (χ3n) is 0.974. The lowest BCUT2D eigenvalue weighted by Gasteiger charge is -1.92. The molecule has 1 rings (SSSR count). The zero-order valence-corrected chi connectivity index (χ0v) is 6.27. The van der Waals surface area contributed by atoms with E-state index in [-0.39, 0.29) is 0 Å². The highest BCUT2D eigenvalue weighted by Gasteiger charge is 2.03. The van der Waals surface area contributed by atoms with Crippen molar-refractivity contribution in [3.05, 3.63) is 5.82 Å². The molecule has 0 fully saturated rings. The third kappa shape index (κ3) is 1.38. The quantitative estimate of drug-likeness (QED) is 0.643. The zero-order chi connectivity index (χ0) is 6.85. The topological polar surface area (TPSA) is 51.8 Å². The van der Waals surface area contributed by atoms with E-state index in [0.717, 1.165) is 5.82 Å². The van der Waals surface area contributed by atoms with Crippen molar-refractivity contribution in [3.8, 4) is 0 Å². The predicted octanol–water partition coefficient (Wildman–Crippen LogP) is 1.24. The molecule has 0 amide bonds. The molecule has 1 heterocycles. The summed E-state index contributed by atoms with van der Waals surface area (Å²) in [5.41, 5.74) is 5.36. The van der Waals surface area contributed by atoms with Crippen LogP contribution in [0, 0.1) is 0 Å². The fourth-order valence-corrected chi connectivity index (χ4v) is 1.05. The molecule has 1 aromatic heterocycles. The Labute approximate surface area is 58.1 Å². The van der Waals surface area contributed by atoms with Gasteiger partial charge in [0.2, 0.25) is 0 Å². The van der Waals surface area contributed by atoms with E-state index in [2.05, 4.69) is 9.36 Å². The molecule has 3 nitrogen and oxygen atoms in total. The lowest BCUT2D eigenvalue weighted by atomic mass is 10.2. The standard InChI is InChI=1S/C5H9N3S/c1-3(2)4-7-5(6)9-8-4/h3H,1-2H3,(H2,6,7,8). The van der Waals surface area contributed by atoms with Crippen LogP contribution < -0.4 is 5.73 Å². The van der Waals surface area contributed by atoms with Gasteiger partial charge in [0.25, 0.3) is 0 Å². The van der Waals surface area contributed by atoms with Crippen LogP contribution in [0.2, 0.25) is 0 Å². The van der Waals surface area contributed by atoms with E-state index >= 15 is 0 Å². The maximum Gasteiger partial charge on any atom is 0.199 e. The fraction of sp³-hybridized carbons (Fsp3) is 0.600. The lowest BCUT2D eigenvalue weighted by Crippen LogP contribution is -1.90. The second kappa shape index (κ2) is 2.31. The average Bonchev–Trinajstić information content (AvgIpc) is 2.14. The van der Waals surface area contributed by atoms with Crippen LogP contribution >= 0.6 is 11.5 Å². The number of hydrogen-bond acceptors (Lipinski definition) is 4. The van der Waals surface area contributed by atoms with Crippen LogP contribution in [-0.2, 0) is 0 Å². The highest BCUT2D eigenvalue weighted by Crippen LogP contribution is 2.13. The van der Waals surface area contributed by atoms with E-state index in [1.807, 2.05) is 13.8 Å². The first-order chi connectivity index (χ1) is 4.20. The van der Waals surface area contributed by atoms with Crippen LogP contribution in [0.5, 0.6) is 0 Å². The summed E-state index contributed by atoms with van der Waals surface area (Å²) in [5, 5.41) is 0.554. The van der Waals surface area contributed by atoms with Crippen molar-refractivity contribution in [2.45, 2.75) is 19.8 Å². The van der Waals surface area contributed by atoms with E-state index in [9.17, 15) is 0 Å². The molecule has 0 aromatic carbocycles. The van der Waals surface area contributed by atoms with E-state index in [1.54, 1.807) is 0 Å². The molecule has 0 aliphatic rings. The molecule has 0 aliphatic carbocycles. The van der Waals surface area contributed by atoms with Gasteiger partial charge in [-0.1, -0.05) is 13.8 Å². The van der Waals surface area contributed by atoms with Gasteiger partial charge in [0, 0.05) is 17.5 Å². The number of anilines is 1. The van der Waals surface area contributed by atoms with Gasteiger partial charge in [-0.2, -0.15) is 4.37 Å². The maximum atomic E-state index is 5.36. The molecule has 9 heavy (non-hydrogen) atoms. The van der Waals surface area contributed by atoms with Crippen LogP contribution in [0.1, 0.15) is 25.6 Å². The molecule has 0 saturated heterocycles.